The number of nitrogens with one attached hydrogen (secondary N) is 3. The summed E-state index contributed by atoms with van der Waals surface area (Å²) in [7, 11) is 1.61. The molecule has 2 aromatic carbocycles. The number of hydrogen-bond acceptors (Lipinski definition) is 6. The molecule has 31 heavy (non-hydrogen) atoms. The molecule has 1 aliphatic rings. The molecule has 160 valence electrons. The van der Waals surface area contributed by atoms with Gasteiger partial charge in [0.05, 0.1) is 13.7 Å². The third kappa shape index (κ3) is 5.07. The number of anilines is 1. The van der Waals surface area contributed by atoms with Crippen molar-refractivity contribution in [1.82, 2.24) is 20.5 Å². The van der Waals surface area contributed by atoms with E-state index in [1.165, 1.54) is 0 Å². The molecule has 0 radical (unpaired) electrons. The number of aromatic amines is 1. The Morgan fingerprint density at radius 2 is 2.06 bits per heavy atom. The summed E-state index contributed by atoms with van der Waals surface area (Å²) in [6, 6.07) is 14.2. The van der Waals surface area contributed by atoms with Gasteiger partial charge in [-0.3, -0.25) is 14.7 Å². The van der Waals surface area contributed by atoms with Crippen LogP contribution in [0.5, 0.6) is 5.75 Å². The minimum atomic E-state index is -0.427. The van der Waals surface area contributed by atoms with Gasteiger partial charge in [-0.05, 0) is 55.3 Å². The van der Waals surface area contributed by atoms with Crippen molar-refractivity contribution in [1.29, 1.82) is 0 Å². The van der Waals surface area contributed by atoms with Crippen LogP contribution in [0, 0.1) is 0 Å². The smallest absolute Gasteiger partial charge is 0.253 e. The summed E-state index contributed by atoms with van der Waals surface area (Å²) >= 11 is 0. The highest BCUT2D eigenvalue weighted by Gasteiger charge is 2.23. The maximum atomic E-state index is 12.5. The first-order chi connectivity index (χ1) is 15.1. The minimum Gasteiger partial charge on any atom is -0.497 e. The Hall–Kier alpha value is -3.72. The van der Waals surface area contributed by atoms with E-state index in [9.17, 15) is 9.59 Å². The largest absolute Gasteiger partial charge is 0.497 e. The van der Waals surface area contributed by atoms with Crippen LogP contribution in [0.4, 0.5) is 5.69 Å². The van der Waals surface area contributed by atoms with Crippen LogP contribution < -0.4 is 15.4 Å². The summed E-state index contributed by atoms with van der Waals surface area (Å²) in [6.07, 6.45) is 1.16. The maximum absolute atomic E-state index is 12.5. The van der Waals surface area contributed by atoms with E-state index in [1.807, 2.05) is 24.3 Å². The van der Waals surface area contributed by atoms with Gasteiger partial charge in [0.15, 0.2) is 5.82 Å². The molecule has 1 unspecified atom stereocenters. The van der Waals surface area contributed by atoms with Gasteiger partial charge in [0.25, 0.3) is 11.8 Å². The van der Waals surface area contributed by atoms with Gasteiger partial charge in [0.2, 0.25) is 0 Å². The van der Waals surface area contributed by atoms with Crippen LogP contribution in [0.3, 0.4) is 0 Å². The number of nitrogens with zero attached hydrogens (tertiary/aromatic N) is 2. The van der Waals surface area contributed by atoms with E-state index in [2.05, 4.69) is 25.8 Å². The molecule has 9 heteroatoms. The van der Waals surface area contributed by atoms with Crippen molar-refractivity contribution < 1.29 is 19.1 Å². The number of H-pyrrole nitrogens is 1. The first kappa shape index (κ1) is 20.5. The monoisotopic (exact) mass is 421 g/mol. The van der Waals surface area contributed by atoms with Gasteiger partial charge in [-0.15, -0.1) is 0 Å². The Labute approximate surface area is 179 Å². The lowest BCUT2D eigenvalue weighted by atomic mass is 10.1. The normalized spacial score (nSPS) is 15.5. The topological polar surface area (TPSA) is 118 Å². The Morgan fingerprint density at radius 1 is 1.23 bits per heavy atom. The van der Waals surface area contributed by atoms with E-state index < -0.39 is 6.10 Å². The SMILES string of the molecule is COc1ccc(-c2n[nH]c(CNC(=O)c3cccc(NC(=O)C4CCCO4)c3)n2)cc1. The summed E-state index contributed by atoms with van der Waals surface area (Å²) in [5, 5.41) is 12.6. The third-order valence-corrected chi connectivity index (χ3v) is 4.91. The summed E-state index contributed by atoms with van der Waals surface area (Å²) in [5.41, 5.74) is 1.82. The van der Waals surface area contributed by atoms with Crippen LogP contribution in [-0.4, -0.2) is 46.8 Å². The van der Waals surface area contributed by atoms with Crippen molar-refractivity contribution in [2.24, 2.45) is 0 Å². The van der Waals surface area contributed by atoms with Gasteiger partial charge < -0.3 is 20.1 Å². The summed E-state index contributed by atoms with van der Waals surface area (Å²) in [5.74, 6) is 1.34. The fraction of sp³-hybridized carbons (Fsp3) is 0.273. The molecule has 3 aromatic rings. The van der Waals surface area contributed by atoms with Crippen molar-refractivity contribution in [3.05, 3.63) is 59.9 Å². The maximum Gasteiger partial charge on any atom is 0.253 e. The number of rotatable bonds is 7. The zero-order valence-corrected chi connectivity index (χ0v) is 17.1. The van der Waals surface area contributed by atoms with E-state index in [-0.39, 0.29) is 18.4 Å². The van der Waals surface area contributed by atoms with Gasteiger partial charge in [-0.1, -0.05) is 6.07 Å². The molecule has 1 aromatic heterocycles. The molecule has 2 heterocycles. The van der Waals surface area contributed by atoms with Crippen molar-refractivity contribution in [3.8, 4) is 17.1 Å². The summed E-state index contributed by atoms with van der Waals surface area (Å²) < 4.78 is 10.5. The Bertz CT molecular complexity index is 1060. The van der Waals surface area contributed by atoms with E-state index in [1.54, 1.807) is 31.4 Å². The third-order valence-electron chi connectivity index (χ3n) is 4.91. The summed E-state index contributed by atoms with van der Waals surface area (Å²) in [4.78, 5) is 29.1. The van der Waals surface area contributed by atoms with E-state index in [4.69, 9.17) is 9.47 Å². The number of amides is 2. The molecular formula is C22H23N5O4. The number of methoxy groups -OCH3 is 1. The average Bonchev–Trinajstić information content (AvgIpc) is 3.50. The molecule has 1 aliphatic heterocycles. The first-order valence-corrected chi connectivity index (χ1v) is 9.99. The highest BCUT2D eigenvalue weighted by molar-refractivity contribution is 5.98. The van der Waals surface area contributed by atoms with Gasteiger partial charge in [-0.2, -0.15) is 5.10 Å². The van der Waals surface area contributed by atoms with Gasteiger partial charge in [0.1, 0.15) is 17.7 Å². The Kier molecular flexibility index (Phi) is 6.23. The molecule has 3 N–H and O–H groups in total. The number of carbonyl (C=O) groups is 2. The lowest BCUT2D eigenvalue weighted by Gasteiger charge is -2.11. The van der Waals surface area contributed by atoms with Crippen LogP contribution in [0.15, 0.2) is 48.5 Å². The van der Waals surface area contributed by atoms with Crippen molar-refractivity contribution in [3.63, 3.8) is 0 Å². The quantitative estimate of drug-likeness (QED) is 0.540. The second kappa shape index (κ2) is 9.40. The molecule has 0 aliphatic carbocycles. The molecule has 9 nitrogen and oxygen atoms in total. The fourth-order valence-electron chi connectivity index (χ4n) is 3.26. The second-order valence-corrected chi connectivity index (χ2v) is 7.09. The number of carbonyl (C=O) groups excluding carboxylic acids is 2. The molecular weight excluding hydrogens is 398 g/mol. The highest BCUT2D eigenvalue weighted by atomic mass is 16.5. The second-order valence-electron chi connectivity index (χ2n) is 7.09. The number of aromatic nitrogens is 3. The molecule has 0 bridgehead atoms. The average molecular weight is 421 g/mol. The Morgan fingerprint density at radius 3 is 2.81 bits per heavy atom. The van der Waals surface area contributed by atoms with Crippen molar-refractivity contribution in [2.75, 3.05) is 19.0 Å². The molecule has 0 spiro atoms. The first-order valence-electron chi connectivity index (χ1n) is 9.99. The molecule has 2 amide bonds. The lowest BCUT2D eigenvalue weighted by molar-refractivity contribution is -0.124. The zero-order chi connectivity index (χ0) is 21.6. The fourth-order valence-corrected chi connectivity index (χ4v) is 3.26. The van der Waals surface area contributed by atoms with E-state index >= 15 is 0 Å². The molecule has 1 atom stereocenters. The molecule has 4 rings (SSSR count). The number of hydrogen-bond donors (Lipinski definition) is 3. The van der Waals surface area contributed by atoms with Crippen LogP contribution >= 0.6 is 0 Å². The molecule has 1 fully saturated rings. The van der Waals surface area contributed by atoms with E-state index in [0.717, 1.165) is 17.7 Å². The van der Waals surface area contributed by atoms with Crippen molar-refractivity contribution in [2.45, 2.75) is 25.5 Å². The van der Waals surface area contributed by atoms with Crippen LogP contribution in [-0.2, 0) is 16.1 Å². The standard InChI is InChI=1S/C22H23N5O4/c1-30-17-9-7-14(8-10-17)20-25-19(26-27-20)13-23-21(28)15-4-2-5-16(12-15)24-22(29)18-6-3-11-31-18/h2,4-5,7-10,12,18H,3,6,11,13H2,1H3,(H,23,28)(H,24,29)(H,25,26,27). The predicted octanol–water partition coefficient (Wildman–Crippen LogP) is 2.53. The Balaban J connectivity index is 1.34. The van der Waals surface area contributed by atoms with Gasteiger partial charge >= 0.3 is 0 Å². The van der Waals surface area contributed by atoms with E-state index in [0.29, 0.717) is 35.9 Å². The minimum absolute atomic E-state index is 0.189. The molecule has 0 saturated carbocycles. The molecule has 1 saturated heterocycles. The van der Waals surface area contributed by atoms with Gasteiger partial charge in [0, 0.05) is 23.4 Å². The number of benzene rings is 2. The van der Waals surface area contributed by atoms with Crippen molar-refractivity contribution >= 4 is 17.5 Å². The number of ether oxygens (including phenoxy) is 2. The van der Waals surface area contributed by atoms with Gasteiger partial charge in [-0.25, -0.2) is 4.98 Å². The lowest BCUT2D eigenvalue weighted by Crippen LogP contribution is -2.27. The van der Waals surface area contributed by atoms with Crippen LogP contribution in [0.1, 0.15) is 29.0 Å². The predicted molar refractivity (Wildman–Crippen MR) is 114 cm³/mol. The zero-order valence-electron chi connectivity index (χ0n) is 17.1. The van der Waals surface area contributed by atoms with Crippen LogP contribution in [0.2, 0.25) is 0 Å². The highest BCUT2D eigenvalue weighted by Crippen LogP contribution is 2.19. The summed E-state index contributed by atoms with van der Waals surface area (Å²) in [6.45, 7) is 0.789. The van der Waals surface area contributed by atoms with Crippen LogP contribution in [0.25, 0.3) is 11.4 Å².